The van der Waals surface area contributed by atoms with Crippen molar-refractivity contribution in [3.05, 3.63) is 44.6 Å². The molecule has 4 fully saturated rings. The average molecular weight is 460 g/mol. The van der Waals surface area contributed by atoms with Gasteiger partial charge in [-0.2, -0.15) is 0 Å². The number of nitrogens with zero attached hydrogens (tertiary/aromatic N) is 2. The molecular weight excluding hydrogens is 434 g/mol. The van der Waals surface area contributed by atoms with Gasteiger partial charge in [-0.25, -0.2) is 0 Å². The number of aromatic nitrogens is 1. The molecular formula is C22H26BrN3OS. The Kier molecular flexibility index (Phi) is 4.74. The number of hydrogen-bond donors (Lipinski definition) is 1. The summed E-state index contributed by atoms with van der Waals surface area (Å²) in [6.45, 7) is 0. The second kappa shape index (κ2) is 7.13. The van der Waals surface area contributed by atoms with E-state index in [1.54, 1.807) is 11.3 Å². The molecule has 0 atom stereocenters. The molecule has 1 heterocycles. The quantitative estimate of drug-likeness (QED) is 0.693. The van der Waals surface area contributed by atoms with Crippen LogP contribution in [0.15, 0.2) is 39.1 Å². The SMILES string of the molecule is Cn1c(CC(=O)Nc2ccc(Br)cc2)csc1=NC12CC3CC(CC(C3)C1)C2. The molecule has 4 nitrogen and oxygen atoms in total. The lowest BCUT2D eigenvalue weighted by molar-refractivity contribution is -0.115. The van der Waals surface area contributed by atoms with Crippen molar-refractivity contribution in [2.45, 2.75) is 50.5 Å². The average Bonchev–Trinajstić information content (AvgIpc) is 2.95. The number of rotatable bonds is 4. The lowest BCUT2D eigenvalue weighted by Crippen LogP contribution is -2.50. The normalized spacial score (nSPS) is 31.4. The van der Waals surface area contributed by atoms with Crippen LogP contribution in [0.2, 0.25) is 0 Å². The summed E-state index contributed by atoms with van der Waals surface area (Å²) in [6.07, 6.45) is 8.51. The summed E-state index contributed by atoms with van der Waals surface area (Å²) in [7, 11) is 2.05. The molecule has 4 saturated carbocycles. The highest BCUT2D eigenvalue weighted by atomic mass is 79.9. The minimum Gasteiger partial charge on any atom is -0.326 e. The Bertz CT molecular complexity index is 924. The molecule has 28 heavy (non-hydrogen) atoms. The van der Waals surface area contributed by atoms with Crippen LogP contribution in [-0.2, 0) is 18.3 Å². The summed E-state index contributed by atoms with van der Waals surface area (Å²) in [5, 5.41) is 5.08. The number of carbonyl (C=O) groups is 1. The molecule has 0 aliphatic heterocycles. The molecule has 0 unspecified atom stereocenters. The van der Waals surface area contributed by atoms with Crippen LogP contribution in [0, 0.1) is 17.8 Å². The molecule has 4 aliphatic carbocycles. The van der Waals surface area contributed by atoms with Crippen molar-refractivity contribution in [2.75, 3.05) is 5.32 Å². The van der Waals surface area contributed by atoms with Gasteiger partial charge >= 0.3 is 0 Å². The maximum Gasteiger partial charge on any atom is 0.230 e. The number of amides is 1. The van der Waals surface area contributed by atoms with Gasteiger partial charge in [0.1, 0.15) is 0 Å². The van der Waals surface area contributed by atoms with E-state index < -0.39 is 0 Å². The zero-order valence-electron chi connectivity index (χ0n) is 16.2. The van der Waals surface area contributed by atoms with Gasteiger partial charge in [-0.05, 0) is 80.5 Å². The van der Waals surface area contributed by atoms with Gasteiger partial charge in [0.2, 0.25) is 5.91 Å². The maximum atomic E-state index is 12.5. The van der Waals surface area contributed by atoms with E-state index in [1.165, 1.54) is 38.5 Å². The van der Waals surface area contributed by atoms with E-state index in [4.69, 9.17) is 4.99 Å². The first-order valence-electron chi connectivity index (χ1n) is 10.2. The molecule has 0 spiro atoms. The number of carbonyl (C=O) groups excluding carboxylic acids is 1. The zero-order valence-corrected chi connectivity index (χ0v) is 18.6. The molecule has 1 aromatic carbocycles. The first-order valence-corrected chi connectivity index (χ1v) is 11.9. The molecule has 1 aromatic heterocycles. The standard InChI is InChI=1S/C22H26BrN3OS/c1-26-19(9-20(27)24-18-4-2-17(23)3-5-18)13-28-21(26)25-22-10-14-6-15(11-22)8-16(7-14)12-22/h2-5,13-16H,6-12H2,1H3,(H,24,27). The molecule has 4 bridgehead atoms. The molecule has 4 aliphatic rings. The molecule has 1 amide bonds. The molecule has 148 valence electrons. The topological polar surface area (TPSA) is 46.4 Å². The van der Waals surface area contributed by atoms with Gasteiger partial charge in [-0.1, -0.05) is 15.9 Å². The minimum absolute atomic E-state index is 0.0112. The van der Waals surface area contributed by atoms with Crippen molar-refractivity contribution in [2.24, 2.45) is 29.8 Å². The number of hydrogen-bond acceptors (Lipinski definition) is 3. The second-order valence-electron chi connectivity index (χ2n) is 9.05. The maximum absolute atomic E-state index is 12.5. The fourth-order valence-electron chi connectivity index (χ4n) is 5.97. The summed E-state index contributed by atoms with van der Waals surface area (Å²) >= 11 is 5.10. The van der Waals surface area contributed by atoms with Crippen LogP contribution in [0.5, 0.6) is 0 Å². The summed E-state index contributed by atoms with van der Waals surface area (Å²) in [4.78, 5) is 18.9. The van der Waals surface area contributed by atoms with Crippen LogP contribution < -0.4 is 10.1 Å². The van der Waals surface area contributed by atoms with Gasteiger partial charge in [-0.3, -0.25) is 9.79 Å². The van der Waals surface area contributed by atoms with Crippen LogP contribution in [0.1, 0.15) is 44.2 Å². The van der Waals surface area contributed by atoms with E-state index in [9.17, 15) is 4.79 Å². The Morgan fingerprint density at radius 2 is 1.79 bits per heavy atom. The monoisotopic (exact) mass is 459 g/mol. The van der Waals surface area contributed by atoms with Crippen molar-refractivity contribution in [1.29, 1.82) is 0 Å². The van der Waals surface area contributed by atoms with Gasteiger partial charge in [0.25, 0.3) is 0 Å². The van der Waals surface area contributed by atoms with E-state index in [0.717, 1.165) is 38.4 Å². The molecule has 6 heteroatoms. The third-order valence-electron chi connectivity index (χ3n) is 6.83. The zero-order chi connectivity index (χ0) is 19.3. The summed E-state index contributed by atoms with van der Waals surface area (Å²) < 4.78 is 3.13. The van der Waals surface area contributed by atoms with Gasteiger partial charge in [0.15, 0.2) is 4.80 Å². The van der Waals surface area contributed by atoms with Crippen LogP contribution in [0.4, 0.5) is 5.69 Å². The molecule has 0 radical (unpaired) electrons. The molecule has 2 aromatic rings. The highest BCUT2D eigenvalue weighted by molar-refractivity contribution is 9.10. The van der Waals surface area contributed by atoms with E-state index in [1.807, 2.05) is 24.3 Å². The largest absolute Gasteiger partial charge is 0.326 e. The van der Waals surface area contributed by atoms with Gasteiger partial charge < -0.3 is 9.88 Å². The number of benzene rings is 1. The van der Waals surface area contributed by atoms with Crippen molar-refractivity contribution >= 4 is 38.9 Å². The second-order valence-corrected chi connectivity index (χ2v) is 10.8. The first kappa shape index (κ1) is 18.6. The predicted octanol–water partition coefficient (Wildman–Crippen LogP) is 4.90. The van der Waals surface area contributed by atoms with E-state index in [0.29, 0.717) is 6.42 Å². The van der Waals surface area contributed by atoms with E-state index in [2.05, 4.69) is 38.2 Å². The molecule has 6 rings (SSSR count). The fourth-order valence-corrected chi connectivity index (χ4v) is 7.24. The fraction of sp³-hybridized carbons (Fsp3) is 0.545. The van der Waals surface area contributed by atoms with E-state index >= 15 is 0 Å². The summed E-state index contributed by atoms with van der Waals surface area (Å²) in [5.41, 5.74) is 2.03. The molecule has 0 saturated heterocycles. The third-order valence-corrected chi connectivity index (χ3v) is 8.32. The first-order chi connectivity index (χ1) is 13.5. The smallest absolute Gasteiger partial charge is 0.230 e. The van der Waals surface area contributed by atoms with Gasteiger partial charge in [0, 0.05) is 28.3 Å². The molecule has 1 N–H and O–H groups in total. The summed E-state index contributed by atoms with van der Waals surface area (Å²) in [5.74, 6) is 2.71. The predicted molar refractivity (Wildman–Crippen MR) is 116 cm³/mol. The van der Waals surface area contributed by atoms with Crippen molar-refractivity contribution in [1.82, 2.24) is 4.57 Å². The van der Waals surface area contributed by atoms with E-state index in [-0.39, 0.29) is 11.4 Å². The van der Waals surface area contributed by atoms with Gasteiger partial charge in [0.05, 0.1) is 12.0 Å². The van der Waals surface area contributed by atoms with Crippen molar-refractivity contribution in [3.63, 3.8) is 0 Å². The third kappa shape index (κ3) is 3.61. The van der Waals surface area contributed by atoms with Crippen molar-refractivity contribution in [3.8, 4) is 0 Å². The Balaban J connectivity index is 1.33. The van der Waals surface area contributed by atoms with Crippen molar-refractivity contribution < 1.29 is 4.79 Å². The van der Waals surface area contributed by atoms with Crippen LogP contribution >= 0.6 is 27.3 Å². The number of nitrogens with one attached hydrogen (secondary N) is 1. The number of thiazole rings is 1. The number of halogens is 1. The summed E-state index contributed by atoms with van der Waals surface area (Å²) in [6, 6.07) is 7.68. The minimum atomic E-state index is 0.0112. The van der Waals surface area contributed by atoms with Crippen LogP contribution in [-0.4, -0.2) is 16.0 Å². The van der Waals surface area contributed by atoms with Crippen LogP contribution in [0.25, 0.3) is 0 Å². The Morgan fingerprint density at radius 1 is 1.18 bits per heavy atom. The highest BCUT2D eigenvalue weighted by Gasteiger charge is 2.51. The van der Waals surface area contributed by atoms with Crippen LogP contribution in [0.3, 0.4) is 0 Å². The lowest BCUT2D eigenvalue weighted by atomic mass is 9.53. The Labute approximate surface area is 178 Å². The van der Waals surface area contributed by atoms with Gasteiger partial charge in [-0.15, -0.1) is 11.3 Å². The Hall–Kier alpha value is -1.40. The Morgan fingerprint density at radius 3 is 2.39 bits per heavy atom. The highest BCUT2D eigenvalue weighted by Crippen LogP contribution is 2.57. The lowest BCUT2D eigenvalue weighted by Gasteiger charge is -2.54. The number of anilines is 1.